The van der Waals surface area contributed by atoms with Crippen LogP contribution in [0.3, 0.4) is 0 Å². The van der Waals surface area contributed by atoms with Crippen LogP contribution >= 0.6 is 11.6 Å². The van der Waals surface area contributed by atoms with Gasteiger partial charge in [-0.3, -0.25) is 0 Å². The van der Waals surface area contributed by atoms with E-state index in [2.05, 4.69) is 44.3 Å². The van der Waals surface area contributed by atoms with Crippen LogP contribution in [0.25, 0.3) is 16.8 Å². The van der Waals surface area contributed by atoms with Crippen molar-refractivity contribution in [1.82, 2.24) is 24.5 Å². The molecular formula is C24H27ClN8O. The summed E-state index contributed by atoms with van der Waals surface area (Å²) in [7, 11) is 5.86. The molecule has 34 heavy (non-hydrogen) atoms. The van der Waals surface area contributed by atoms with Gasteiger partial charge in [-0.1, -0.05) is 17.7 Å². The number of likely N-dealkylation sites (N-methyl/N-ethyl adjacent to an activating group) is 1. The van der Waals surface area contributed by atoms with Crippen LogP contribution in [0.15, 0.2) is 48.9 Å². The Balaban J connectivity index is 1.46. The number of anilines is 4. The van der Waals surface area contributed by atoms with Crippen molar-refractivity contribution in [3.05, 3.63) is 53.9 Å². The average molecular weight is 479 g/mol. The molecule has 0 saturated carbocycles. The number of fused-ring (bicyclic) bond motifs is 1. The molecular weight excluding hydrogens is 452 g/mol. The minimum absolute atomic E-state index is 0.383. The van der Waals surface area contributed by atoms with Crippen LogP contribution in [-0.4, -0.2) is 64.8 Å². The number of aromatic nitrogens is 4. The van der Waals surface area contributed by atoms with Crippen molar-refractivity contribution in [1.29, 1.82) is 0 Å². The van der Waals surface area contributed by atoms with Crippen molar-refractivity contribution in [3.63, 3.8) is 0 Å². The fraction of sp³-hybridized carbons (Fsp3) is 0.292. The monoisotopic (exact) mass is 478 g/mol. The van der Waals surface area contributed by atoms with Crippen molar-refractivity contribution >= 4 is 40.1 Å². The number of hydrogen-bond acceptors (Lipinski definition) is 8. The highest BCUT2D eigenvalue weighted by molar-refractivity contribution is 6.33. The van der Waals surface area contributed by atoms with Crippen LogP contribution in [0.1, 0.15) is 6.42 Å². The molecule has 1 saturated heterocycles. The first-order valence-corrected chi connectivity index (χ1v) is 11.4. The molecule has 9 nitrogen and oxygen atoms in total. The molecule has 1 aromatic carbocycles. The molecule has 1 aliphatic heterocycles. The second kappa shape index (κ2) is 9.00. The molecule has 0 radical (unpaired) electrons. The van der Waals surface area contributed by atoms with E-state index in [0.717, 1.165) is 36.3 Å². The van der Waals surface area contributed by atoms with Crippen molar-refractivity contribution in [3.8, 4) is 17.0 Å². The van der Waals surface area contributed by atoms with Gasteiger partial charge in [0.05, 0.1) is 52.8 Å². The van der Waals surface area contributed by atoms with E-state index >= 15 is 0 Å². The number of nitrogen functional groups attached to an aromatic ring is 1. The molecule has 0 spiro atoms. The van der Waals surface area contributed by atoms with Crippen LogP contribution in [0.4, 0.5) is 23.0 Å². The first-order valence-electron chi connectivity index (χ1n) is 11.1. The standard InChI is InChI=1S/C24H27ClN8O/c1-31(2)15-7-9-32(14-15)21-11-22(34-3)19(10-18(21)26)29-24-27-13-17(25)23(30-24)16-12-28-33-8-5-4-6-20(16)33/h4-6,8,10-13,15H,7,9,14,26H2,1-3H3,(H,27,29,30)/t15-/m0/s1. The van der Waals surface area contributed by atoms with Gasteiger partial charge in [-0.25, -0.2) is 14.5 Å². The number of benzene rings is 1. The zero-order valence-electron chi connectivity index (χ0n) is 19.4. The molecule has 1 aliphatic rings. The van der Waals surface area contributed by atoms with Crippen molar-refractivity contribution in [2.45, 2.75) is 12.5 Å². The summed E-state index contributed by atoms with van der Waals surface area (Å²) in [4.78, 5) is 13.6. The third-order valence-electron chi connectivity index (χ3n) is 6.26. The molecule has 0 bridgehead atoms. The van der Waals surface area contributed by atoms with Gasteiger partial charge in [-0.2, -0.15) is 5.10 Å². The maximum absolute atomic E-state index is 6.47. The van der Waals surface area contributed by atoms with Gasteiger partial charge in [0, 0.05) is 37.0 Å². The highest BCUT2D eigenvalue weighted by Crippen LogP contribution is 2.38. The quantitative estimate of drug-likeness (QED) is 0.402. The molecule has 5 rings (SSSR count). The highest BCUT2D eigenvalue weighted by atomic mass is 35.5. The number of nitrogens with one attached hydrogen (secondary N) is 1. The predicted molar refractivity (Wildman–Crippen MR) is 136 cm³/mol. The summed E-state index contributed by atoms with van der Waals surface area (Å²) in [6.07, 6.45) is 6.30. The normalized spacial score (nSPS) is 15.9. The Morgan fingerprint density at radius 3 is 2.85 bits per heavy atom. The molecule has 4 heterocycles. The van der Waals surface area contributed by atoms with Gasteiger partial charge >= 0.3 is 0 Å². The van der Waals surface area contributed by atoms with Gasteiger partial charge < -0.3 is 25.6 Å². The van der Waals surface area contributed by atoms with Crippen molar-refractivity contribution in [2.75, 3.05) is 50.2 Å². The predicted octanol–water partition coefficient (Wildman–Crippen LogP) is 3.92. The van der Waals surface area contributed by atoms with Gasteiger partial charge in [0.1, 0.15) is 5.75 Å². The Morgan fingerprint density at radius 2 is 2.09 bits per heavy atom. The largest absolute Gasteiger partial charge is 0.494 e. The molecule has 0 amide bonds. The second-order valence-corrected chi connectivity index (χ2v) is 8.97. The number of nitrogens with two attached hydrogens (primary N) is 1. The summed E-state index contributed by atoms with van der Waals surface area (Å²) in [6, 6.07) is 10.2. The smallest absolute Gasteiger partial charge is 0.227 e. The number of methoxy groups -OCH3 is 1. The summed E-state index contributed by atoms with van der Waals surface area (Å²) in [6.45, 7) is 1.88. The molecule has 0 aliphatic carbocycles. The molecule has 10 heteroatoms. The number of ether oxygens (including phenoxy) is 1. The zero-order chi connectivity index (χ0) is 23.8. The van der Waals surface area contributed by atoms with Gasteiger partial charge in [0.2, 0.25) is 5.95 Å². The Bertz CT molecular complexity index is 1340. The molecule has 1 fully saturated rings. The van der Waals surface area contributed by atoms with E-state index < -0.39 is 0 Å². The molecule has 1 atom stereocenters. The maximum atomic E-state index is 6.47. The van der Waals surface area contributed by atoms with Gasteiger partial charge in [0.15, 0.2) is 0 Å². The molecule has 0 unspecified atom stereocenters. The van der Waals surface area contributed by atoms with E-state index in [1.165, 1.54) is 0 Å². The lowest BCUT2D eigenvalue weighted by atomic mass is 10.2. The topological polar surface area (TPSA) is 96.8 Å². The van der Waals surface area contributed by atoms with Gasteiger partial charge in [0.25, 0.3) is 0 Å². The minimum Gasteiger partial charge on any atom is -0.494 e. The molecule has 3 N–H and O–H groups in total. The number of pyridine rings is 1. The van der Waals surface area contributed by atoms with Gasteiger partial charge in [-0.15, -0.1) is 0 Å². The first-order chi connectivity index (χ1) is 16.4. The van der Waals surface area contributed by atoms with Crippen LogP contribution < -0.4 is 20.7 Å². The molecule has 3 aromatic heterocycles. The van der Waals surface area contributed by atoms with Crippen LogP contribution in [0, 0.1) is 0 Å². The summed E-state index contributed by atoms with van der Waals surface area (Å²) in [5, 5.41) is 8.07. The van der Waals surface area contributed by atoms with Crippen LogP contribution in [-0.2, 0) is 0 Å². The third-order valence-corrected chi connectivity index (χ3v) is 6.53. The fourth-order valence-corrected chi connectivity index (χ4v) is 4.55. The number of rotatable bonds is 6. The lowest BCUT2D eigenvalue weighted by Gasteiger charge is -2.24. The molecule has 4 aromatic rings. The Kier molecular flexibility index (Phi) is 5.89. The van der Waals surface area contributed by atoms with E-state index in [1.807, 2.05) is 36.5 Å². The van der Waals surface area contributed by atoms with E-state index in [0.29, 0.717) is 39.8 Å². The van der Waals surface area contributed by atoms with Gasteiger partial charge in [-0.05, 0) is 38.7 Å². The lowest BCUT2D eigenvalue weighted by Crippen LogP contribution is -2.31. The number of halogens is 1. The van der Waals surface area contributed by atoms with Crippen LogP contribution in [0.5, 0.6) is 5.75 Å². The Morgan fingerprint density at radius 1 is 1.24 bits per heavy atom. The summed E-state index contributed by atoms with van der Waals surface area (Å²) in [5.74, 6) is 1.04. The Labute approximate surface area is 203 Å². The maximum Gasteiger partial charge on any atom is 0.227 e. The second-order valence-electron chi connectivity index (χ2n) is 8.57. The van der Waals surface area contributed by atoms with E-state index in [-0.39, 0.29) is 0 Å². The zero-order valence-corrected chi connectivity index (χ0v) is 20.1. The summed E-state index contributed by atoms with van der Waals surface area (Å²) >= 11 is 6.46. The first kappa shape index (κ1) is 22.2. The SMILES string of the molecule is COc1cc(N2CC[C@H](N(C)C)C2)c(N)cc1Nc1ncc(Cl)c(-c2cnn3ccccc23)n1. The van der Waals surface area contributed by atoms with Crippen molar-refractivity contribution < 1.29 is 4.74 Å². The number of hydrogen-bond donors (Lipinski definition) is 2. The minimum atomic E-state index is 0.383. The third kappa shape index (κ3) is 4.08. The van der Waals surface area contributed by atoms with Crippen molar-refractivity contribution in [2.24, 2.45) is 0 Å². The average Bonchev–Trinajstić information content (AvgIpc) is 3.48. The Hall–Kier alpha value is -3.56. The summed E-state index contributed by atoms with van der Waals surface area (Å²) in [5.41, 5.74) is 11.1. The van der Waals surface area contributed by atoms with E-state index in [4.69, 9.17) is 22.1 Å². The van der Waals surface area contributed by atoms with Crippen LogP contribution in [0.2, 0.25) is 5.02 Å². The summed E-state index contributed by atoms with van der Waals surface area (Å²) < 4.78 is 7.46. The van der Waals surface area contributed by atoms with E-state index in [1.54, 1.807) is 24.0 Å². The number of nitrogens with zero attached hydrogens (tertiary/aromatic N) is 6. The van der Waals surface area contributed by atoms with E-state index in [9.17, 15) is 0 Å². The highest BCUT2D eigenvalue weighted by Gasteiger charge is 2.26. The lowest BCUT2D eigenvalue weighted by molar-refractivity contribution is 0.315. The fourth-order valence-electron chi connectivity index (χ4n) is 4.36. The molecule has 176 valence electrons.